The molecule has 1 aromatic heterocycles. The Morgan fingerprint density at radius 2 is 2.28 bits per heavy atom. The van der Waals surface area contributed by atoms with Gasteiger partial charge in [-0.3, -0.25) is 14.3 Å². The number of likely N-dealkylation sites (N-methyl/N-ethyl adjacent to an activating group) is 1. The molecule has 1 aliphatic rings. The minimum Gasteiger partial charge on any atom is -0.481 e. The van der Waals surface area contributed by atoms with E-state index >= 15 is 0 Å². The van der Waals surface area contributed by atoms with Gasteiger partial charge in [-0.05, 0) is 6.07 Å². The molecule has 1 N–H and O–H groups in total. The molecule has 0 aliphatic carbocycles. The third-order valence-electron chi connectivity index (χ3n) is 3.12. The number of hydrogen-bond donors (Lipinski definition) is 1. The van der Waals surface area contributed by atoms with Crippen LogP contribution in [-0.2, 0) is 16.6 Å². The molecule has 1 fully saturated rings. The van der Waals surface area contributed by atoms with Gasteiger partial charge in [0, 0.05) is 20.3 Å². The Labute approximate surface area is 104 Å². The van der Waals surface area contributed by atoms with E-state index in [9.17, 15) is 9.59 Å². The van der Waals surface area contributed by atoms with Gasteiger partial charge in [-0.1, -0.05) is 0 Å². The summed E-state index contributed by atoms with van der Waals surface area (Å²) in [5.41, 5.74) is 0.302. The monoisotopic (exact) mass is 253 g/mol. The van der Waals surface area contributed by atoms with E-state index in [0.29, 0.717) is 5.69 Å². The second kappa shape index (κ2) is 4.77. The second-order valence-electron chi connectivity index (χ2n) is 4.34. The van der Waals surface area contributed by atoms with Crippen molar-refractivity contribution in [3.05, 3.63) is 18.0 Å². The van der Waals surface area contributed by atoms with Crippen LogP contribution in [0.15, 0.2) is 12.3 Å². The molecule has 0 bridgehead atoms. The highest BCUT2D eigenvalue weighted by atomic mass is 16.5. The topological polar surface area (TPSA) is 84.7 Å². The first-order valence-electron chi connectivity index (χ1n) is 5.58. The number of hydrogen-bond acceptors (Lipinski definition) is 4. The van der Waals surface area contributed by atoms with E-state index in [2.05, 4.69) is 5.10 Å². The maximum atomic E-state index is 12.1. The minimum absolute atomic E-state index is 0.139. The van der Waals surface area contributed by atoms with Crippen LogP contribution in [0.5, 0.6) is 0 Å². The first-order chi connectivity index (χ1) is 8.50. The molecule has 1 aliphatic heterocycles. The summed E-state index contributed by atoms with van der Waals surface area (Å²) in [6, 6.07) is 1.15. The van der Waals surface area contributed by atoms with E-state index in [1.807, 2.05) is 0 Å². The lowest BCUT2D eigenvalue weighted by Crippen LogP contribution is -2.44. The summed E-state index contributed by atoms with van der Waals surface area (Å²) >= 11 is 0. The molecule has 2 heterocycles. The number of nitrogens with zero attached hydrogens (tertiary/aromatic N) is 3. The molecule has 2 atom stereocenters. The predicted octanol–water partition coefficient (Wildman–Crippen LogP) is -0.408. The first kappa shape index (κ1) is 12.6. The molecule has 0 aromatic carbocycles. The number of carbonyl (C=O) groups is 2. The summed E-state index contributed by atoms with van der Waals surface area (Å²) in [5, 5.41) is 13.1. The van der Waals surface area contributed by atoms with E-state index in [0.717, 1.165) is 0 Å². The Kier molecular flexibility index (Phi) is 3.33. The van der Waals surface area contributed by atoms with E-state index in [4.69, 9.17) is 9.84 Å². The van der Waals surface area contributed by atoms with Crippen LogP contribution in [-0.4, -0.2) is 58.0 Å². The third-order valence-corrected chi connectivity index (χ3v) is 3.12. The van der Waals surface area contributed by atoms with Gasteiger partial charge in [0.15, 0.2) is 0 Å². The largest absolute Gasteiger partial charge is 0.481 e. The molecule has 98 valence electrons. The van der Waals surface area contributed by atoms with Crippen LogP contribution in [0.4, 0.5) is 0 Å². The van der Waals surface area contributed by atoms with Crippen LogP contribution < -0.4 is 0 Å². The van der Waals surface area contributed by atoms with Crippen molar-refractivity contribution >= 4 is 11.9 Å². The van der Waals surface area contributed by atoms with Gasteiger partial charge in [-0.15, -0.1) is 0 Å². The third kappa shape index (κ3) is 2.21. The average Bonchev–Trinajstić information content (AvgIpc) is 2.95. The molecule has 2 rings (SSSR count). The lowest BCUT2D eigenvalue weighted by Gasteiger charge is -2.25. The van der Waals surface area contributed by atoms with Crippen LogP contribution in [0.3, 0.4) is 0 Å². The molecular weight excluding hydrogens is 238 g/mol. The van der Waals surface area contributed by atoms with Gasteiger partial charge in [0.25, 0.3) is 5.91 Å². The second-order valence-corrected chi connectivity index (χ2v) is 4.34. The van der Waals surface area contributed by atoms with E-state index in [1.165, 1.54) is 9.58 Å². The van der Waals surface area contributed by atoms with Crippen molar-refractivity contribution in [1.29, 1.82) is 0 Å². The number of aliphatic carboxylic acids is 1. The number of carboxylic acids is 1. The van der Waals surface area contributed by atoms with Crippen molar-refractivity contribution in [2.45, 2.75) is 6.04 Å². The number of ether oxygens (including phenoxy) is 1. The van der Waals surface area contributed by atoms with Gasteiger partial charge < -0.3 is 14.7 Å². The zero-order chi connectivity index (χ0) is 13.3. The normalized spacial score (nSPS) is 23.0. The summed E-state index contributed by atoms with van der Waals surface area (Å²) in [5.74, 6) is -1.92. The van der Waals surface area contributed by atoms with Gasteiger partial charge in [0.2, 0.25) is 0 Å². The number of carbonyl (C=O) groups excluding carboxylic acids is 1. The zero-order valence-electron chi connectivity index (χ0n) is 10.2. The van der Waals surface area contributed by atoms with Crippen LogP contribution in [0, 0.1) is 5.92 Å². The SMILES string of the molecule is CN(C(=O)c1ccn(C)n1)C1COCC1C(=O)O. The Morgan fingerprint density at radius 3 is 2.83 bits per heavy atom. The Hall–Kier alpha value is -1.89. The van der Waals surface area contributed by atoms with Crippen molar-refractivity contribution in [3.63, 3.8) is 0 Å². The number of rotatable bonds is 3. The van der Waals surface area contributed by atoms with Gasteiger partial charge in [0.05, 0.1) is 19.3 Å². The molecule has 0 radical (unpaired) electrons. The lowest BCUT2D eigenvalue weighted by atomic mass is 10.0. The Balaban J connectivity index is 2.13. The van der Waals surface area contributed by atoms with Crippen LogP contribution >= 0.6 is 0 Å². The molecule has 0 spiro atoms. The standard InChI is InChI=1S/C11H15N3O4/c1-13-4-3-8(12-13)10(15)14(2)9-6-18-5-7(9)11(16)17/h3-4,7,9H,5-6H2,1-2H3,(H,16,17). The molecule has 7 heteroatoms. The van der Waals surface area contributed by atoms with Gasteiger partial charge in [-0.25, -0.2) is 0 Å². The van der Waals surface area contributed by atoms with Crippen LogP contribution in [0.2, 0.25) is 0 Å². The van der Waals surface area contributed by atoms with Crippen molar-refractivity contribution < 1.29 is 19.4 Å². The molecule has 18 heavy (non-hydrogen) atoms. The molecule has 2 unspecified atom stereocenters. The number of carboxylic acid groups (broad SMARTS) is 1. The van der Waals surface area contributed by atoms with E-state index in [-0.39, 0.29) is 19.1 Å². The van der Waals surface area contributed by atoms with Gasteiger partial charge in [0.1, 0.15) is 11.6 Å². The van der Waals surface area contributed by atoms with Crippen LogP contribution in [0.25, 0.3) is 0 Å². The van der Waals surface area contributed by atoms with Crippen molar-refractivity contribution in [2.75, 3.05) is 20.3 Å². The molecule has 1 saturated heterocycles. The quantitative estimate of drug-likeness (QED) is 0.791. The number of aryl methyl sites for hydroxylation is 1. The zero-order valence-corrected chi connectivity index (χ0v) is 10.2. The molecule has 7 nitrogen and oxygen atoms in total. The Bertz CT molecular complexity index is 471. The first-order valence-corrected chi connectivity index (χ1v) is 5.58. The van der Waals surface area contributed by atoms with E-state index < -0.39 is 17.9 Å². The smallest absolute Gasteiger partial charge is 0.311 e. The fourth-order valence-corrected chi connectivity index (χ4v) is 2.02. The molecule has 0 saturated carbocycles. The van der Waals surface area contributed by atoms with Gasteiger partial charge in [-0.2, -0.15) is 5.10 Å². The summed E-state index contributed by atoms with van der Waals surface area (Å²) in [7, 11) is 3.29. The lowest BCUT2D eigenvalue weighted by molar-refractivity contribution is -0.142. The fraction of sp³-hybridized carbons (Fsp3) is 0.545. The van der Waals surface area contributed by atoms with Gasteiger partial charge >= 0.3 is 5.97 Å². The molecule has 1 aromatic rings. The highest BCUT2D eigenvalue weighted by Crippen LogP contribution is 2.20. The highest BCUT2D eigenvalue weighted by Gasteiger charge is 2.39. The van der Waals surface area contributed by atoms with E-state index in [1.54, 1.807) is 26.4 Å². The summed E-state index contributed by atoms with van der Waals surface area (Å²) in [6.45, 7) is 0.381. The Morgan fingerprint density at radius 1 is 1.56 bits per heavy atom. The number of amides is 1. The average molecular weight is 253 g/mol. The molecular formula is C11H15N3O4. The van der Waals surface area contributed by atoms with Crippen molar-refractivity contribution in [1.82, 2.24) is 14.7 Å². The van der Waals surface area contributed by atoms with Crippen molar-refractivity contribution in [3.8, 4) is 0 Å². The highest BCUT2D eigenvalue weighted by molar-refractivity contribution is 5.92. The van der Waals surface area contributed by atoms with Crippen LogP contribution in [0.1, 0.15) is 10.5 Å². The summed E-state index contributed by atoms with van der Waals surface area (Å²) in [4.78, 5) is 24.6. The predicted molar refractivity (Wildman–Crippen MR) is 61.0 cm³/mol. The molecule has 1 amide bonds. The summed E-state index contributed by atoms with van der Waals surface area (Å²) < 4.78 is 6.67. The minimum atomic E-state index is -0.946. The maximum Gasteiger partial charge on any atom is 0.311 e. The maximum absolute atomic E-state index is 12.1. The summed E-state index contributed by atoms with van der Waals surface area (Å²) in [6.07, 6.45) is 1.67. The fourth-order valence-electron chi connectivity index (χ4n) is 2.02. The van der Waals surface area contributed by atoms with Crippen molar-refractivity contribution in [2.24, 2.45) is 13.0 Å². The number of aromatic nitrogens is 2.